The second-order valence-corrected chi connectivity index (χ2v) is 15.4. The van der Waals surface area contributed by atoms with E-state index >= 15 is 0 Å². The average Bonchev–Trinajstić information content (AvgIpc) is 3.46. The highest BCUT2D eigenvalue weighted by Crippen LogP contribution is 2.39. The number of benzene rings is 1. The molecule has 0 bridgehead atoms. The number of hydrogen-bond donors (Lipinski definition) is 4. The van der Waals surface area contributed by atoms with Gasteiger partial charge in [-0.05, 0) is 43.6 Å². The first kappa shape index (κ1) is 37.7. The second-order valence-electron chi connectivity index (χ2n) is 15.4. The fraction of sp³-hybridized carbons (Fsp3) is 0.722. The minimum absolute atomic E-state index is 0.0136. The van der Waals surface area contributed by atoms with Crippen LogP contribution in [0.5, 0.6) is 5.75 Å². The van der Waals surface area contributed by atoms with E-state index < -0.39 is 72.0 Å². The summed E-state index contributed by atoms with van der Waals surface area (Å²) >= 11 is 0. The van der Waals surface area contributed by atoms with Crippen molar-refractivity contribution in [2.45, 2.75) is 115 Å². The van der Waals surface area contributed by atoms with E-state index in [1.807, 2.05) is 31.2 Å². The van der Waals surface area contributed by atoms with E-state index in [2.05, 4.69) is 20.9 Å². The highest BCUT2D eigenvalue weighted by atomic mass is 19.3. The Morgan fingerprint density at radius 1 is 1.06 bits per heavy atom. The van der Waals surface area contributed by atoms with E-state index in [-0.39, 0.29) is 50.0 Å². The van der Waals surface area contributed by atoms with Gasteiger partial charge in [-0.15, -0.1) is 0 Å². The van der Waals surface area contributed by atoms with Crippen LogP contribution in [0.1, 0.15) is 84.7 Å². The fourth-order valence-electron chi connectivity index (χ4n) is 8.23. The summed E-state index contributed by atoms with van der Waals surface area (Å²) in [6.07, 6.45) is -0.938. The van der Waals surface area contributed by atoms with Crippen LogP contribution < -0.4 is 20.7 Å². The lowest BCUT2D eigenvalue weighted by molar-refractivity contribution is -0.151. The molecule has 3 fully saturated rings. The van der Waals surface area contributed by atoms with Crippen molar-refractivity contribution in [2.24, 2.45) is 17.3 Å². The maximum atomic E-state index is 14.8. The first-order chi connectivity index (χ1) is 23.6. The Hall–Kier alpha value is -3.52. The summed E-state index contributed by atoms with van der Waals surface area (Å²) in [5, 5.41) is 18.0. The molecule has 0 radical (unpaired) electrons. The number of carboxylic acid groups (broad SMARTS) is 1. The molecule has 0 aromatic heterocycles. The third-order valence-corrected chi connectivity index (χ3v) is 10.9. The molecular weight excluding hydrogens is 652 g/mol. The number of carbonyl (C=O) groups is 4. The summed E-state index contributed by atoms with van der Waals surface area (Å²) in [5.74, 6) is -5.06. The van der Waals surface area contributed by atoms with Gasteiger partial charge < -0.3 is 35.4 Å². The number of ether oxygens (including phenoxy) is 2. The van der Waals surface area contributed by atoms with Crippen LogP contribution in [0, 0.1) is 17.3 Å². The third-order valence-electron chi connectivity index (χ3n) is 10.9. The predicted octanol–water partition coefficient (Wildman–Crippen LogP) is 3.95. The van der Waals surface area contributed by atoms with Crippen molar-refractivity contribution < 1.29 is 42.5 Å². The lowest BCUT2D eigenvalue weighted by Gasteiger charge is -2.45. The van der Waals surface area contributed by atoms with Crippen molar-refractivity contribution in [3.05, 3.63) is 29.8 Å². The van der Waals surface area contributed by atoms with Crippen LogP contribution in [0.15, 0.2) is 24.3 Å². The first-order valence-electron chi connectivity index (χ1n) is 17.9. The van der Waals surface area contributed by atoms with Gasteiger partial charge >= 0.3 is 6.09 Å². The Morgan fingerprint density at radius 3 is 2.42 bits per heavy atom. The van der Waals surface area contributed by atoms with E-state index in [0.29, 0.717) is 38.3 Å². The van der Waals surface area contributed by atoms with Gasteiger partial charge in [-0.25, -0.2) is 13.6 Å². The van der Waals surface area contributed by atoms with E-state index in [9.17, 15) is 33.1 Å². The Labute approximate surface area is 293 Å². The summed E-state index contributed by atoms with van der Waals surface area (Å²) in [4.78, 5) is 58.3. The average molecular weight is 706 g/mol. The van der Waals surface area contributed by atoms with Crippen LogP contribution in [0.4, 0.5) is 13.6 Å². The molecule has 5 rings (SSSR count). The summed E-state index contributed by atoms with van der Waals surface area (Å²) in [6.45, 7) is 11.0. The SMILES string of the molecule is CCO[C@H]1C[C@@H]2CN(C(=O)[C@@H](NC(=O)[C@@H](C)C(NC(=O)O)C(C)(C)C)C3CCC(F)(F)CC3)[C@H](C(=O)N[C@@H]3CCOc4ccccc43)CN2C1. The molecule has 3 heterocycles. The Bertz CT molecular complexity index is 1400. The van der Waals surface area contributed by atoms with Gasteiger partial charge in [0.2, 0.25) is 23.6 Å². The highest BCUT2D eigenvalue weighted by molar-refractivity contribution is 5.93. The number of alkyl halides is 2. The van der Waals surface area contributed by atoms with Crippen molar-refractivity contribution in [2.75, 3.05) is 32.8 Å². The molecular formula is C36H53F2N5O7. The van der Waals surface area contributed by atoms with Crippen LogP contribution in [0.25, 0.3) is 0 Å². The minimum Gasteiger partial charge on any atom is -0.493 e. The van der Waals surface area contributed by atoms with Crippen LogP contribution in [-0.4, -0.2) is 108 Å². The van der Waals surface area contributed by atoms with Gasteiger partial charge in [-0.2, -0.15) is 0 Å². The standard InChI is InChI=1S/C36H53F2N5O7/c1-6-49-24-17-23-18-43(27(20-42(23)19-24)32(45)39-26-13-16-50-28-10-8-7-9-25(26)28)33(46)29(22-11-14-36(37,38)15-12-22)40-31(44)21(2)30(35(3,4)5)41-34(47)48/h7-10,21-24,26-27,29-30,41H,6,11-20H2,1-5H3,(H,39,45)(H,40,44)(H,47,48)/t21-,23+,24-,26+,27-,29-,30?/m0/s1. The number of hydrogen-bond acceptors (Lipinski definition) is 7. The summed E-state index contributed by atoms with van der Waals surface area (Å²) in [6, 6.07) is 4.20. The monoisotopic (exact) mass is 705 g/mol. The smallest absolute Gasteiger partial charge is 0.404 e. The molecule has 1 aromatic carbocycles. The van der Waals surface area contributed by atoms with Crippen LogP contribution >= 0.6 is 0 Å². The molecule has 14 heteroatoms. The van der Waals surface area contributed by atoms with Crippen LogP contribution in [0.3, 0.4) is 0 Å². The van der Waals surface area contributed by atoms with Crippen molar-refractivity contribution in [3.8, 4) is 5.75 Å². The van der Waals surface area contributed by atoms with Crippen molar-refractivity contribution in [3.63, 3.8) is 0 Å². The number of halogens is 2. The summed E-state index contributed by atoms with van der Waals surface area (Å²) < 4.78 is 40.4. The molecule has 0 spiro atoms. The Morgan fingerprint density at radius 2 is 1.76 bits per heavy atom. The minimum atomic E-state index is -2.86. The van der Waals surface area contributed by atoms with Crippen molar-refractivity contribution in [1.82, 2.24) is 25.8 Å². The maximum Gasteiger partial charge on any atom is 0.404 e. The normalized spacial score (nSPS) is 27.1. The Kier molecular flexibility index (Phi) is 11.6. The van der Waals surface area contributed by atoms with E-state index in [1.165, 1.54) is 4.90 Å². The molecule has 4 N–H and O–H groups in total. The molecule has 1 unspecified atom stereocenters. The summed E-state index contributed by atoms with van der Waals surface area (Å²) in [5.41, 5.74) is 0.200. The maximum absolute atomic E-state index is 14.8. The van der Waals surface area contributed by atoms with Gasteiger partial charge in [0.15, 0.2) is 0 Å². The lowest BCUT2D eigenvalue weighted by atomic mass is 9.78. The zero-order chi connectivity index (χ0) is 36.4. The highest BCUT2D eigenvalue weighted by Gasteiger charge is 2.49. The molecule has 278 valence electrons. The van der Waals surface area contributed by atoms with Gasteiger partial charge in [-0.1, -0.05) is 45.9 Å². The second kappa shape index (κ2) is 15.4. The summed E-state index contributed by atoms with van der Waals surface area (Å²) in [7, 11) is 0. The quantitative estimate of drug-likeness (QED) is 0.286. The molecule has 1 aliphatic carbocycles. The zero-order valence-electron chi connectivity index (χ0n) is 29.8. The fourth-order valence-corrected chi connectivity index (χ4v) is 8.23. The molecule has 4 aliphatic rings. The first-order valence-corrected chi connectivity index (χ1v) is 17.9. The molecule has 3 aliphatic heterocycles. The van der Waals surface area contributed by atoms with Gasteiger partial charge in [-0.3, -0.25) is 19.3 Å². The number of nitrogens with one attached hydrogen (secondary N) is 3. The van der Waals surface area contributed by atoms with Gasteiger partial charge in [0.05, 0.1) is 24.7 Å². The van der Waals surface area contributed by atoms with Crippen LogP contribution in [-0.2, 0) is 19.1 Å². The third kappa shape index (κ3) is 8.67. The molecule has 4 amide bonds. The van der Waals surface area contributed by atoms with Gasteiger partial charge in [0.1, 0.15) is 17.8 Å². The largest absolute Gasteiger partial charge is 0.493 e. The number of carbonyl (C=O) groups excluding carboxylic acids is 3. The number of rotatable bonds is 10. The lowest BCUT2D eigenvalue weighted by Crippen LogP contribution is -2.66. The number of nitrogens with zero attached hydrogens (tertiary/aromatic N) is 2. The number of piperazine rings is 1. The molecule has 1 aromatic rings. The number of para-hydroxylation sites is 1. The zero-order valence-corrected chi connectivity index (χ0v) is 29.8. The number of fused-ring (bicyclic) bond motifs is 2. The predicted molar refractivity (Wildman–Crippen MR) is 181 cm³/mol. The molecule has 1 saturated carbocycles. The molecule has 2 saturated heterocycles. The molecule has 12 nitrogen and oxygen atoms in total. The number of amides is 4. The van der Waals surface area contributed by atoms with E-state index in [0.717, 1.165) is 5.56 Å². The van der Waals surface area contributed by atoms with E-state index in [1.54, 1.807) is 27.7 Å². The van der Waals surface area contributed by atoms with Gasteiger partial charge in [0, 0.05) is 63.2 Å². The van der Waals surface area contributed by atoms with Gasteiger partial charge in [0.25, 0.3) is 0 Å². The van der Waals surface area contributed by atoms with E-state index in [4.69, 9.17) is 9.47 Å². The van der Waals surface area contributed by atoms with Crippen molar-refractivity contribution in [1.29, 1.82) is 0 Å². The molecule has 50 heavy (non-hydrogen) atoms. The Balaban J connectivity index is 1.44. The molecule has 7 atom stereocenters. The topological polar surface area (TPSA) is 150 Å². The van der Waals surface area contributed by atoms with Crippen molar-refractivity contribution >= 4 is 23.8 Å². The van der Waals surface area contributed by atoms with Crippen LogP contribution in [0.2, 0.25) is 0 Å².